The van der Waals surface area contributed by atoms with Gasteiger partial charge in [0.05, 0.1) is 31.4 Å². The Bertz CT molecular complexity index is 3400. The van der Waals surface area contributed by atoms with Crippen LogP contribution in [0.1, 0.15) is 143 Å². The van der Waals surface area contributed by atoms with Gasteiger partial charge in [-0.05, 0) is 107 Å². The average molecular weight is 1460 g/mol. The fourth-order valence-electron chi connectivity index (χ4n) is 13.3. The molecule has 572 valence electrons. The summed E-state index contributed by atoms with van der Waals surface area (Å²) in [4.78, 5) is 204. The normalized spacial score (nSPS) is 26.1. The Morgan fingerprint density at radius 3 is 1.78 bits per heavy atom. The zero-order chi connectivity index (χ0) is 76.6. The number of allylic oxidation sites excluding steroid dienone is 1. The number of likely N-dealkylation sites (N-methyl/N-ethyl adjacent to an activating group) is 1. The highest BCUT2D eigenvalue weighted by Crippen LogP contribution is 2.28. The molecule has 0 saturated carbocycles. The summed E-state index contributed by atoms with van der Waals surface area (Å²) in [6.07, 6.45) is -6.38. The van der Waals surface area contributed by atoms with E-state index in [1.54, 1.807) is 74.5 Å². The minimum atomic E-state index is -2.42. The van der Waals surface area contributed by atoms with Gasteiger partial charge < -0.3 is 93.0 Å². The number of carbonyl (C=O) groups excluding carboxylic acids is 14. The van der Waals surface area contributed by atoms with E-state index in [0.717, 1.165) is 11.0 Å². The zero-order valence-corrected chi connectivity index (χ0v) is 60.5. The smallest absolute Gasteiger partial charge is 0.329 e. The lowest BCUT2D eigenvalue weighted by atomic mass is 9.95. The second kappa shape index (κ2) is 40.0. The first-order valence-electron chi connectivity index (χ1n) is 35.8. The summed E-state index contributed by atoms with van der Waals surface area (Å²) in [5, 5.41) is 65.9. The summed E-state index contributed by atoms with van der Waals surface area (Å²) in [6, 6.07) is 2.52. The van der Waals surface area contributed by atoms with Crippen molar-refractivity contribution in [3.63, 3.8) is 0 Å². The van der Waals surface area contributed by atoms with Crippen molar-refractivity contribution >= 4 is 82.8 Å². The van der Waals surface area contributed by atoms with Crippen LogP contribution in [0.2, 0.25) is 0 Å². The molecule has 4 heterocycles. The lowest BCUT2D eigenvalue weighted by Crippen LogP contribution is -2.61. The van der Waals surface area contributed by atoms with Gasteiger partial charge in [0, 0.05) is 52.9 Å². The third-order valence-corrected chi connectivity index (χ3v) is 19.4. The van der Waals surface area contributed by atoms with Crippen LogP contribution < -0.4 is 48.3 Å². The summed E-state index contributed by atoms with van der Waals surface area (Å²) in [5.74, 6) is -13.8. The third-order valence-electron chi connectivity index (χ3n) is 19.4. The van der Waals surface area contributed by atoms with Crippen LogP contribution in [0.5, 0.6) is 0 Å². The average Bonchev–Trinajstić information content (AvgIpc) is 1.61. The van der Waals surface area contributed by atoms with Gasteiger partial charge in [-0.1, -0.05) is 101 Å². The Labute approximate surface area is 605 Å². The predicted octanol–water partition coefficient (Wildman–Crippen LogP) is -2.12. The summed E-state index contributed by atoms with van der Waals surface area (Å²) >= 11 is 0. The van der Waals surface area contributed by atoms with Crippen molar-refractivity contribution in [3.05, 3.63) is 83.6 Å². The lowest BCUT2D eigenvalue weighted by Gasteiger charge is -2.34. The Kier molecular flexibility index (Phi) is 32.2. The van der Waals surface area contributed by atoms with Gasteiger partial charge in [0.25, 0.3) is 11.8 Å². The molecule has 0 unspecified atom stereocenters. The molecule has 15 atom stereocenters. The van der Waals surface area contributed by atoms with Crippen LogP contribution in [0.25, 0.3) is 0 Å². The standard InChI is InChI=1S/C72H105N13O19/c1-9-41(5)59-67(98)79-52(39-86)64(95)75-48(10-2)63(94)81-60(42(6)87)68(99)77-50(28-27-44-20-13-11-14-21-44)70(101)84-32-17-24-53(84)65(96)78-51(37-47(36-46(89)35-45-22-15-12-16-23-45)104-72(103)56(34-40(3)4)82(8)43(7)88)61(92)69(100)76-49(29-30-57(73)90)62(93)74-38-58(91)83-31-19-26-55(83)71(102)85-33-18-25-54(85)66(97)80-59/h10-16,20-23,40-42,46-47,49-56,59-61,86-87,89,92H,9,17-19,24-39H2,1-8H3,(H2,73,90)(H,74,93)(H,75,95)(H,76,100)(H,77,99)(H,78,96)(H,79,98)(H,80,97)(H,81,94)/b48-10+/t41-,42+,46+,47+,49+,50+,51+,52-,53-,54+,55-,56-,59+,60-,61-/m0/s1. The van der Waals surface area contributed by atoms with Crippen molar-refractivity contribution in [2.75, 3.05) is 39.8 Å². The Hall–Kier alpha value is -9.40. The highest BCUT2D eigenvalue weighted by atomic mass is 16.5. The number of rotatable bonds is 21. The summed E-state index contributed by atoms with van der Waals surface area (Å²) in [5.41, 5.74) is 6.41. The van der Waals surface area contributed by atoms with Crippen molar-refractivity contribution in [3.8, 4) is 0 Å². The molecule has 2 aromatic carbocycles. The highest BCUT2D eigenvalue weighted by Gasteiger charge is 2.46. The maximum absolute atomic E-state index is 15.2. The van der Waals surface area contributed by atoms with E-state index in [2.05, 4.69) is 42.5 Å². The number of aliphatic hydroxyl groups excluding tert-OH is 4. The maximum atomic E-state index is 15.2. The lowest BCUT2D eigenvalue weighted by molar-refractivity contribution is -0.161. The van der Waals surface area contributed by atoms with E-state index >= 15 is 9.59 Å². The second-order valence-corrected chi connectivity index (χ2v) is 27.7. The van der Waals surface area contributed by atoms with Crippen LogP contribution in [0.3, 0.4) is 0 Å². The number of esters is 1. The van der Waals surface area contributed by atoms with Gasteiger partial charge in [-0.2, -0.15) is 0 Å². The van der Waals surface area contributed by atoms with E-state index in [0.29, 0.717) is 30.4 Å². The number of aryl methyl sites for hydroxylation is 1. The van der Waals surface area contributed by atoms with Crippen LogP contribution >= 0.6 is 0 Å². The first kappa shape index (κ1) is 83.5. The Morgan fingerprint density at radius 2 is 1.21 bits per heavy atom. The minimum Gasteiger partial charge on any atom is -0.461 e. The van der Waals surface area contributed by atoms with Gasteiger partial charge in [0.2, 0.25) is 65.0 Å². The number of hydrogen-bond donors (Lipinski definition) is 13. The number of nitrogens with zero attached hydrogens (tertiary/aromatic N) is 4. The van der Waals surface area contributed by atoms with Crippen molar-refractivity contribution in [1.29, 1.82) is 0 Å². The van der Waals surface area contributed by atoms with Crippen LogP contribution in [-0.2, 0) is 84.7 Å². The molecule has 0 aliphatic carbocycles. The van der Waals surface area contributed by atoms with Gasteiger partial charge in [-0.3, -0.25) is 62.3 Å². The summed E-state index contributed by atoms with van der Waals surface area (Å²) < 4.78 is 6.17. The zero-order valence-electron chi connectivity index (χ0n) is 60.5. The van der Waals surface area contributed by atoms with E-state index in [9.17, 15) is 78.0 Å². The van der Waals surface area contributed by atoms with E-state index in [-0.39, 0.29) is 76.9 Å². The largest absolute Gasteiger partial charge is 0.461 e. The van der Waals surface area contributed by atoms with E-state index in [4.69, 9.17) is 10.5 Å². The van der Waals surface area contributed by atoms with E-state index in [1.807, 2.05) is 13.8 Å². The SMILES string of the molecule is C/C=C1/NC(=O)[C@H](CO)NC(=O)[C@@H]([C@@H](C)CC)NC(=O)[C@H]2CCCN2C(=O)[C@@H]2CCCN2C(=O)CNC(=O)[C@@H](CCC(N)=O)NC(=O)[C@@H](O)[C@@H](C[C@@H](C[C@H](O)Cc2ccccc2)OC(=O)[C@H](CC(C)C)N(C)C(C)=O)NC(=O)[C@@H]2CCCN2C(=O)[C@@H](CCc2ccccc2)NC(=O)[C@H]([C@@H](C)O)NC1=O. The fraction of sp³-hybridized carbons (Fsp3) is 0.611. The number of hydrogen-bond acceptors (Lipinski definition) is 19. The van der Waals surface area contributed by atoms with E-state index in [1.165, 1.54) is 42.5 Å². The summed E-state index contributed by atoms with van der Waals surface area (Å²) in [7, 11) is 1.40. The number of amides is 13. The number of nitrogens with two attached hydrogens (primary N) is 1. The van der Waals surface area contributed by atoms with Crippen LogP contribution in [-0.4, -0.2) is 247 Å². The molecule has 104 heavy (non-hydrogen) atoms. The first-order valence-corrected chi connectivity index (χ1v) is 35.8. The maximum Gasteiger partial charge on any atom is 0.329 e. The molecular formula is C72H105N13O19. The van der Waals surface area contributed by atoms with Gasteiger partial charge >= 0.3 is 5.97 Å². The van der Waals surface area contributed by atoms with Crippen LogP contribution in [0.15, 0.2) is 72.4 Å². The van der Waals surface area contributed by atoms with Crippen molar-refractivity contribution in [1.82, 2.24) is 62.1 Å². The monoisotopic (exact) mass is 1460 g/mol. The van der Waals surface area contributed by atoms with Crippen LogP contribution in [0.4, 0.5) is 0 Å². The van der Waals surface area contributed by atoms with Crippen molar-refractivity contribution in [2.24, 2.45) is 17.6 Å². The molecule has 2 aromatic rings. The number of ether oxygens (including phenoxy) is 1. The Morgan fingerprint density at radius 1 is 0.654 bits per heavy atom. The predicted molar refractivity (Wildman–Crippen MR) is 375 cm³/mol. The molecule has 0 radical (unpaired) electrons. The molecule has 6 rings (SSSR count). The van der Waals surface area contributed by atoms with Crippen molar-refractivity contribution in [2.45, 2.75) is 230 Å². The third kappa shape index (κ3) is 23.6. The van der Waals surface area contributed by atoms with Crippen molar-refractivity contribution < 1.29 is 92.3 Å². The number of nitrogens with one attached hydrogen (secondary N) is 8. The van der Waals surface area contributed by atoms with Gasteiger partial charge in [0.1, 0.15) is 66.2 Å². The molecule has 32 heteroatoms. The molecule has 4 saturated heterocycles. The molecule has 4 aliphatic rings. The second-order valence-electron chi connectivity index (χ2n) is 27.7. The molecule has 0 bridgehead atoms. The number of aliphatic hydroxyl groups is 4. The quantitative estimate of drug-likeness (QED) is 0.0470. The molecule has 32 nitrogen and oxygen atoms in total. The number of primary amides is 1. The number of benzene rings is 2. The summed E-state index contributed by atoms with van der Waals surface area (Å²) in [6.45, 7) is 8.97. The molecule has 13 amide bonds. The molecular weight excluding hydrogens is 1350 g/mol. The van der Waals surface area contributed by atoms with Gasteiger partial charge in [-0.15, -0.1) is 0 Å². The highest BCUT2D eigenvalue weighted by molar-refractivity contribution is 6.03. The molecule has 4 fully saturated rings. The first-order chi connectivity index (χ1) is 49.4. The molecule has 0 spiro atoms. The topological polar surface area (TPSA) is 464 Å². The number of carbonyl (C=O) groups is 14. The molecule has 4 aliphatic heterocycles. The van der Waals surface area contributed by atoms with E-state index < -0.39 is 218 Å². The number of fused-ring (bicyclic) bond motifs is 3. The minimum absolute atomic E-state index is 0.00347. The molecule has 0 aromatic heterocycles. The van der Waals surface area contributed by atoms with Gasteiger partial charge in [-0.25, -0.2) is 4.79 Å². The van der Waals surface area contributed by atoms with Crippen LogP contribution in [0, 0.1) is 11.8 Å². The van der Waals surface area contributed by atoms with Gasteiger partial charge in [0.15, 0.2) is 6.10 Å². The molecule has 14 N–H and O–H groups in total. The fourth-order valence-corrected chi connectivity index (χ4v) is 13.3. The Balaban J connectivity index is 1.44.